The number of carbonyl (C=O) groups excluding carboxylic acids is 2. The number of halogens is 3. The Morgan fingerprint density at radius 3 is 2.43 bits per heavy atom. The third kappa shape index (κ3) is 3.30. The van der Waals surface area contributed by atoms with Crippen LogP contribution in [-0.4, -0.2) is 23.4 Å². The molecular weight excluding hydrogens is 405 g/mol. The summed E-state index contributed by atoms with van der Waals surface area (Å²) in [6.45, 7) is -0.250. The Kier molecular flexibility index (Phi) is 4.56. The molecule has 0 fully saturated rings. The van der Waals surface area contributed by atoms with Gasteiger partial charge in [0.25, 0.3) is 5.69 Å². The number of nitro groups is 1. The minimum Gasteiger partial charge on any atom is -0.456 e. The molecule has 0 radical (unpaired) electrons. The van der Waals surface area contributed by atoms with Gasteiger partial charge in [-0.25, -0.2) is 4.79 Å². The van der Waals surface area contributed by atoms with Crippen LogP contribution in [0.25, 0.3) is 0 Å². The van der Waals surface area contributed by atoms with Crippen LogP contribution in [0.2, 0.25) is 0 Å². The van der Waals surface area contributed by atoms with Crippen molar-refractivity contribution in [2.75, 3.05) is 11.5 Å². The standard InChI is InChI=1S/C20H13F3N2O5/c21-20(22,23)12-2-1-3-14(8-12)24-16-10-30-19(27)18(16)15(9-17(24)26)11-4-6-13(7-5-11)25(28)29/h1-8,15H,9-10H2/t15-/m1/s1. The van der Waals surface area contributed by atoms with Crippen LogP contribution >= 0.6 is 0 Å². The summed E-state index contributed by atoms with van der Waals surface area (Å²) in [5.74, 6) is -1.88. The fourth-order valence-electron chi connectivity index (χ4n) is 3.69. The highest BCUT2D eigenvalue weighted by Gasteiger charge is 2.43. The molecule has 0 unspecified atom stereocenters. The molecule has 2 aromatic carbocycles. The minimum absolute atomic E-state index is 0.0113. The molecule has 154 valence electrons. The average Bonchev–Trinajstić information content (AvgIpc) is 3.08. The molecule has 2 aliphatic rings. The van der Waals surface area contributed by atoms with Crippen molar-refractivity contribution in [1.82, 2.24) is 0 Å². The van der Waals surface area contributed by atoms with Gasteiger partial charge in [0.15, 0.2) is 0 Å². The van der Waals surface area contributed by atoms with Crippen molar-refractivity contribution in [2.24, 2.45) is 0 Å². The van der Waals surface area contributed by atoms with Gasteiger partial charge in [-0.15, -0.1) is 0 Å². The number of benzene rings is 2. The molecule has 0 saturated carbocycles. The van der Waals surface area contributed by atoms with Gasteiger partial charge in [-0.2, -0.15) is 13.2 Å². The fourth-order valence-corrected chi connectivity index (χ4v) is 3.69. The van der Waals surface area contributed by atoms with Crippen LogP contribution in [0.1, 0.15) is 23.5 Å². The third-order valence-corrected chi connectivity index (χ3v) is 5.06. The number of hydrogen-bond acceptors (Lipinski definition) is 5. The maximum absolute atomic E-state index is 13.1. The van der Waals surface area contributed by atoms with Gasteiger partial charge in [-0.3, -0.25) is 19.8 Å². The lowest BCUT2D eigenvalue weighted by molar-refractivity contribution is -0.384. The number of alkyl halides is 3. The molecule has 0 saturated heterocycles. The number of nitro benzene ring substituents is 1. The Labute approximate surface area is 167 Å². The highest BCUT2D eigenvalue weighted by Crippen LogP contribution is 2.43. The summed E-state index contributed by atoms with van der Waals surface area (Å²) >= 11 is 0. The summed E-state index contributed by atoms with van der Waals surface area (Å²) in [6, 6.07) is 9.71. The molecule has 0 aliphatic carbocycles. The Morgan fingerprint density at radius 2 is 1.80 bits per heavy atom. The van der Waals surface area contributed by atoms with E-state index in [1.54, 1.807) is 0 Å². The molecular formula is C20H13F3N2O5. The normalized spacial score (nSPS) is 19.0. The van der Waals surface area contributed by atoms with Gasteiger partial charge in [-0.1, -0.05) is 18.2 Å². The highest BCUT2D eigenvalue weighted by atomic mass is 19.4. The van der Waals surface area contributed by atoms with E-state index in [9.17, 15) is 32.9 Å². The first-order valence-corrected chi connectivity index (χ1v) is 8.81. The molecule has 0 bridgehead atoms. The second-order valence-corrected chi connectivity index (χ2v) is 6.82. The lowest BCUT2D eigenvalue weighted by Crippen LogP contribution is -2.37. The van der Waals surface area contributed by atoms with E-state index in [2.05, 4.69) is 0 Å². The summed E-state index contributed by atoms with van der Waals surface area (Å²) in [5.41, 5.74) is -0.223. The molecule has 1 atom stereocenters. The maximum atomic E-state index is 13.1. The zero-order valence-corrected chi connectivity index (χ0v) is 15.2. The number of anilines is 1. The Balaban J connectivity index is 1.78. The summed E-state index contributed by atoms with van der Waals surface area (Å²) in [4.78, 5) is 36.6. The molecule has 1 amide bonds. The number of amides is 1. The van der Waals surface area contributed by atoms with Crippen molar-refractivity contribution in [1.29, 1.82) is 0 Å². The van der Waals surface area contributed by atoms with Crippen LogP contribution in [0, 0.1) is 10.1 Å². The zero-order valence-electron chi connectivity index (χ0n) is 15.2. The second-order valence-electron chi connectivity index (χ2n) is 6.82. The second kappa shape index (κ2) is 6.97. The number of nitrogens with zero attached hydrogens (tertiary/aromatic N) is 2. The largest absolute Gasteiger partial charge is 0.456 e. The van der Waals surface area contributed by atoms with Crippen LogP contribution in [-0.2, 0) is 20.5 Å². The Hall–Kier alpha value is -3.69. The zero-order chi connectivity index (χ0) is 21.6. The van der Waals surface area contributed by atoms with Crippen molar-refractivity contribution in [3.05, 3.63) is 81.0 Å². The van der Waals surface area contributed by atoms with E-state index < -0.39 is 34.5 Å². The van der Waals surface area contributed by atoms with E-state index in [-0.39, 0.29) is 35.7 Å². The van der Waals surface area contributed by atoms with Gasteiger partial charge >= 0.3 is 12.1 Å². The number of hydrogen-bond donors (Lipinski definition) is 0. The summed E-state index contributed by atoms with van der Waals surface area (Å²) < 4.78 is 44.4. The van der Waals surface area contributed by atoms with Crippen LogP contribution in [0.15, 0.2) is 59.8 Å². The van der Waals surface area contributed by atoms with E-state index in [0.29, 0.717) is 5.56 Å². The average molecular weight is 418 g/mol. The third-order valence-electron chi connectivity index (χ3n) is 5.06. The Bertz CT molecular complexity index is 1090. The van der Waals surface area contributed by atoms with Crippen molar-refractivity contribution in [3.63, 3.8) is 0 Å². The number of non-ortho nitro benzene ring substituents is 1. The van der Waals surface area contributed by atoms with E-state index >= 15 is 0 Å². The van der Waals surface area contributed by atoms with Gasteiger partial charge in [0.05, 0.1) is 21.8 Å². The maximum Gasteiger partial charge on any atom is 0.416 e. The van der Waals surface area contributed by atoms with E-state index in [4.69, 9.17) is 4.74 Å². The summed E-state index contributed by atoms with van der Waals surface area (Å²) in [7, 11) is 0. The number of ether oxygens (including phenoxy) is 1. The summed E-state index contributed by atoms with van der Waals surface area (Å²) in [5, 5.41) is 10.9. The van der Waals surface area contributed by atoms with Crippen LogP contribution in [0.3, 0.4) is 0 Å². The first-order chi connectivity index (χ1) is 14.2. The molecule has 2 aromatic rings. The van der Waals surface area contributed by atoms with Crippen molar-refractivity contribution in [2.45, 2.75) is 18.5 Å². The SMILES string of the molecule is O=C1OCC2=C1[C@@H](c1ccc([N+](=O)[O-])cc1)CC(=O)N2c1cccc(C(F)(F)F)c1. The Morgan fingerprint density at radius 1 is 1.10 bits per heavy atom. The monoisotopic (exact) mass is 418 g/mol. The topological polar surface area (TPSA) is 89.7 Å². The smallest absolute Gasteiger partial charge is 0.416 e. The molecule has 0 spiro atoms. The molecule has 2 heterocycles. The first-order valence-electron chi connectivity index (χ1n) is 8.81. The number of rotatable bonds is 3. The van der Waals surface area contributed by atoms with Crippen molar-refractivity contribution < 1.29 is 32.4 Å². The molecule has 2 aliphatic heterocycles. The molecule has 4 rings (SSSR count). The van der Waals surface area contributed by atoms with Gasteiger partial charge in [0.1, 0.15) is 6.61 Å². The molecule has 0 aromatic heterocycles. The summed E-state index contributed by atoms with van der Waals surface area (Å²) in [6.07, 6.45) is -4.78. The van der Waals surface area contributed by atoms with E-state index in [1.807, 2.05) is 0 Å². The van der Waals surface area contributed by atoms with Gasteiger partial charge in [-0.05, 0) is 23.8 Å². The van der Waals surface area contributed by atoms with E-state index in [0.717, 1.165) is 17.0 Å². The van der Waals surface area contributed by atoms with Crippen LogP contribution in [0.4, 0.5) is 24.5 Å². The van der Waals surface area contributed by atoms with Crippen molar-refractivity contribution in [3.8, 4) is 0 Å². The predicted molar refractivity (Wildman–Crippen MR) is 97.4 cm³/mol. The highest BCUT2D eigenvalue weighted by molar-refractivity contribution is 6.06. The quantitative estimate of drug-likeness (QED) is 0.428. The molecule has 0 N–H and O–H groups in total. The van der Waals surface area contributed by atoms with Gasteiger partial charge in [0.2, 0.25) is 5.91 Å². The minimum atomic E-state index is -4.59. The number of cyclic esters (lactones) is 1. The predicted octanol–water partition coefficient (Wildman–Crippen LogP) is 3.95. The first kappa shape index (κ1) is 19.6. The van der Waals surface area contributed by atoms with Crippen LogP contribution in [0.5, 0.6) is 0 Å². The molecule has 10 heteroatoms. The number of carbonyl (C=O) groups is 2. The van der Waals surface area contributed by atoms with E-state index in [1.165, 1.54) is 36.4 Å². The lowest BCUT2D eigenvalue weighted by Gasteiger charge is -2.32. The van der Waals surface area contributed by atoms with Gasteiger partial charge < -0.3 is 4.74 Å². The lowest BCUT2D eigenvalue weighted by atomic mass is 9.84. The molecule has 7 nitrogen and oxygen atoms in total. The van der Waals surface area contributed by atoms with Crippen molar-refractivity contribution >= 4 is 23.3 Å². The van der Waals surface area contributed by atoms with Crippen LogP contribution < -0.4 is 4.90 Å². The molecule has 30 heavy (non-hydrogen) atoms. The number of esters is 1. The van der Waals surface area contributed by atoms with Gasteiger partial charge in [0, 0.05) is 30.2 Å². The fraction of sp³-hybridized carbons (Fsp3) is 0.200.